The van der Waals surface area contributed by atoms with Crippen LogP contribution in [0, 0.1) is 0 Å². The van der Waals surface area contributed by atoms with Gasteiger partial charge >= 0.3 is 0 Å². The van der Waals surface area contributed by atoms with Gasteiger partial charge in [0.05, 0.1) is 27.1 Å². The highest BCUT2D eigenvalue weighted by Crippen LogP contribution is 2.35. The van der Waals surface area contributed by atoms with Crippen LogP contribution in [0.1, 0.15) is 15.9 Å². The zero-order valence-electron chi connectivity index (χ0n) is 26.0. The van der Waals surface area contributed by atoms with Crippen molar-refractivity contribution in [1.29, 1.82) is 0 Å². The van der Waals surface area contributed by atoms with Crippen LogP contribution >= 0.6 is 11.8 Å². The fourth-order valence-corrected chi connectivity index (χ4v) is 5.41. The van der Waals surface area contributed by atoms with Gasteiger partial charge in [0, 0.05) is 33.5 Å². The lowest BCUT2D eigenvalue weighted by Crippen LogP contribution is -2.30. The summed E-state index contributed by atoms with van der Waals surface area (Å²) in [6.07, 6.45) is 1.51. The molecule has 0 aliphatic heterocycles. The number of fused-ring (bicyclic) bond motifs is 1. The van der Waals surface area contributed by atoms with Crippen LogP contribution in [0.3, 0.4) is 0 Å². The maximum atomic E-state index is 13.6. The Morgan fingerprint density at radius 3 is 2.00 bits per heavy atom. The summed E-state index contributed by atoms with van der Waals surface area (Å²) in [5.41, 5.74) is 2.09. The van der Waals surface area contributed by atoms with E-state index >= 15 is 0 Å². The van der Waals surface area contributed by atoms with E-state index in [1.54, 1.807) is 54.6 Å². The van der Waals surface area contributed by atoms with Crippen LogP contribution in [0.25, 0.3) is 16.8 Å². The fourth-order valence-electron chi connectivity index (χ4n) is 4.71. The molecule has 0 atom stereocenters. The summed E-state index contributed by atoms with van der Waals surface area (Å²) in [4.78, 5) is 40.1. The molecule has 238 valence electrons. The van der Waals surface area contributed by atoms with E-state index in [0.29, 0.717) is 34.1 Å². The number of rotatable bonds is 12. The lowest BCUT2D eigenvalue weighted by atomic mass is 10.1. The third-order valence-corrected chi connectivity index (χ3v) is 8.09. The summed E-state index contributed by atoms with van der Waals surface area (Å²) < 4.78 is 16.3. The normalized spacial score (nSPS) is 11.0. The summed E-state index contributed by atoms with van der Waals surface area (Å²) in [6.45, 7) is 0. The molecule has 0 saturated heterocycles. The molecule has 0 fully saturated rings. The van der Waals surface area contributed by atoms with Gasteiger partial charge in [-0.05, 0) is 71.4 Å². The number of ether oxygens (including phenoxy) is 3. The van der Waals surface area contributed by atoms with E-state index in [4.69, 9.17) is 14.2 Å². The fraction of sp³-hybridized carbons (Fsp3) is 0.108. The summed E-state index contributed by atoms with van der Waals surface area (Å²) >= 11 is 1.37. The number of nitrogens with one attached hydrogen (secondary N) is 3. The zero-order chi connectivity index (χ0) is 33.2. The van der Waals surface area contributed by atoms with Crippen molar-refractivity contribution in [1.82, 2.24) is 5.32 Å². The molecule has 5 aromatic rings. The van der Waals surface area contributed by atoms with E-state index in [-0.39, 0.29) is 17.4 Å². The van der Waals surface area contributed by atoms with Crippen molar-refractivity contribution in [3.05, 3.63) is 126 Å². The molecule has 10 heteroatoms. The van der Waals surface area contributed by atoms with E-state index < -0.39 is 11.8 Å². The van der Waals surface area contributed by atoms with E-state index in [1.165, 1.54) is 39.2 Å². The Morgan fingerprint density at radius 2 is 1.30 bits per heavy atom. The van der Waals surface area contributed by atoms with Gasteiger partial charge in [-0.15, -0.1) is 11.8 Å². The minimum atomic E-state index is -0.554. The highest BCUT2D eigenvalue weighted by molar-refractivity contribution is 8.00. The van der Waals surface area contributed by atoms with Gasteiger partial charge in [-0.1, -0.05) is 48.5 Å². The molecule has 0 spiro atoms. The van der Waals surface area contributed by atoms with Gasteiger partial charge in [0.25, 0.3) is 11.8 Å². The Morgan fingerprint density at radius 1 is 0.660 bits per heavy atom. The quantitative estimate of drug-likeness (QED) is 0.0986. The van der Waals surface area contributed by atoms with Gasteiger partial charge in [0.15, 0.2) is 11.5 Å². The Hall–Kier alpha value is -5.74. The Bertz CT molecular complexity index is 1930. The third-order valence-electron chi connectivity index (χ3n) is 7.08. The first kappa shape index (κ1) is 32.6. The van der Waals surface area contributed by atoms with Crippen molar-refractivity contribution in [3.8, 4) is 17.2 Å². The highest BCUT2D eigenvalue weighted by Gasteiger charge is 2.18. The zero-order valence-corrected chi connectivity index (χ0v) is 26.9. The molecule has 0 saturated carbocycles. The van der Waals surface area contributed by atoms with Crippen LogP contribution in [0.5, 0.6) is 17.2 Å². The maximum absolute atomic E-state index is 13.6. The van der Waals surface area contributed by atoms with Crippen molar-refractivity contribution in [2.24, 2.45) is 0 Å². The number of benzene rings is 5. The molecule has 5 aromatic carbocycles. The van der Waals surface area contributed by atoms with Crippen molar-refractivity contribution in [3.63, 3.8) is 0 Å². The second kappa shape index (κ2) is 15.5. The van der Waals surface area contributed by atoms with Gasteiger partial charge in [-0.25, -0.2) is 0 Å². The van der Waals surface area contributed by atoms with Gasteiger partial charge < -0.3 is 30.2 Å². The van der Waals surface area contributed by atoms with Crippen LogP contribution in [0.15, 0.2) is 120 Å². The molecule has 5 rings (SSSR count). The topological polar surface area (TPSA) is 115 Å². The number of thioether (sulfide) groups is 1. The van der Waals surface area contributed by atoms with Crippen LogP contribution in [0.4, 0.5) is 11.4 Å². The average molecular weight is 648 g/mol. The van der Waals surface area contributed by atoms with Crippen molar-refractivity contribution in [2.75, 3.05) is 37.7 Å². The molecule has 0 radical (unpaired) electrons. The van der Waals surface area contributed by atoms with Gasteiger partial charge in [-0.3, -0.25) is 14.4 Å². The molecular weight excluding hydrogens is 614 g/mol. The summed E-state index contributed by atoms with van der Waals surface area (Å²) in [7, 11) is 4.51. The van der Waals surface area contributed by atoms with E-state index in [0.717, 1.165) is 21.4 Å². The van der Waals surface area contributed by atoms with Crippen molar-refractivity contribution >= 4 is 57.7 Å². The molecule has 0 aromatic heterocycles. The molecule has 3 amide bonds. The van der Waals surface area contributed by atoms with E-state index in [9.17, 15) is 14.4 Å². The largest absolute Gasteiger partial charge is 0.496 e. The number of anilines is 2. The Kier molecular flexibility index (Phi) is 10.8. The molecule has 0 unspecified atom stereocenters. The van der Waals surface area contributed by atoms with E-state index in [2.05, 4.69) is 16.0 Å². The molecular formula is C37H33N3O6S. The number of hydrogen-bond donors (Lipinski definition) is 3. The number of amides is 3. The first-order valence-corrected chi connectivity index (χ1v) is 15.6. The standard InChI is InChI=1S/C37H33N3O6S/c1-44-32-22-34(46-3)33(45-2)21-27(32)20-31(40-36(42)25-10-5-4-6-11-25)37(43)39-28-15-17-30(18-16-28)47-23-35(41)38-29-14-13-24-9-7-8-12-26(24)19-29/h4-22H,23H2,1-3H3,(H,38,41)(H,39,43)(H,40,42)/b31-20-. The van der Waals surface area contributed by atoms with Gasteiger partial charge in [0.2, 0.25) is 5.91 Å². The minimum Gasteiger partial charge on any atom is -0.496 e. The van der Waals surface area contributed by atoms with Crippen LogP contribution < -0.4 is 30.2 Å². The highest BCUT2D eigenvalue weighted by atomic mass is 32.2. The van der Waals surface area contributed by atoms with Gasteiger partial charge in [0.1, 0.15) is 11.4 Å². The molecule has 9 nitrogen and oxygen atoms in total. The van der Waals surface area contributed by atoms with Crippen LogP contribution in [-0.2, 0) is 9.59 Å². The molecule has 47 heavy (non-hydrogen) atoms. The summed E-state index contributed by atoms with van der Waals surface area (Å²) in [6, 6.07) is 32.7. The Labute approximate surface area is 276 Å². The predicted molar refractivity (Wildman–Crippen MR) is 186 cm³/mol. The molecule has 3 N–H and O–H groups in total. The summed E-state index contributed by atoms with van der Waals surface area (Å²) in [5.74, 6) is 0.355. The smallest absolute Gasteiger partial charge is 0.272 e. The van der Waals surface area contributed by atoms with Crippen LogP contribution in [-0.4, -0.2) is 44.8 Å². The lowest BCUT2D eigenvalue weighted by molar-refractivity contribution is -0.114. The van der Waals surface area contributed by atoms with Gasteiger partial charge in [-0.2, -0.15) is 0 Å². The van der Waals surface area contributed by atoms with Crippen molar-refractivity contribution in [2.45, 2.75) is 4.90 Å². The average Bonchev–Trinajstić information content (AvgIpc) is 3.11. The third kappa shape index (κ3) is 8.50. The summed E-state index contributed by atoms with van der Waals surface area (Å²) in [5, 5.41) is 10.7. The molecule has 0 aliphatic carbocycles. The SMILES string of the molecule is COc1cc(OC)c(OC)cc1/C=C(\NC(=O)c1ccccc1)C(=O)Nc1ccc(SCC(=O)Nc2ccc3ccccc3c2)cc1. The first-order valence-electron chi connectivity index (χ1n) is 14.6. The maximum Gasteiger partial charge on any atom is 0.272 e. The monoisotopic (exact) mass is 647 g/mol. The second-order valence-electron chi connectivity index (χ2n) is 10.2. The number of hydrogen-bond acceptors (Lipinski definition) is 7. The Balaban J connectivity index is 1.28. The molecule has 0 bridgehead atoms. The predicted octanol–water partition coefficient (Wildman–Crippen LogP) is 7.01. The molecule has 0 aliphatic rings. The second-order valence-corrected chi connectivity index (χ2v) is 11.3. The van der Waals surface area contributed by atoms with Crippen LogP contribution in [0.2, 0.25) is 0 Å². The van der Waals surface area contributed by atoms with E-state index in [1.807, 2.05) is 54.6 Å². The number of methoxy groups -OCH3 is 3. The lowest BCUT2D eigenvalue weighted by Gasteiger charge is -2.15. The minimum absolute atomic E-state index is 0.0202. The number of carbonyl (C=O) groups excluding carboxylic acids is 3. The first-order chi connectivity index (χ1) is 22.9. The number of carbonyl (C=O) groups is 3. The molecule has 0 heterocycles. The van der Waals surface area contributed by atoms with Crippen molar-refractivity contribution < 1.29 is 28.6 Å².